The second-order valence-corrected chi connectivity index (χ2v) is 6.98. The number of carbonyl (C=O) groups excluding carboxylic acids is 1. The number of hydrogen-bond donors (Lipinski definition) is 1. The molecular weight excluding hydrogens is 344 g/mol. The van der Waals surface area contributed by atoms with Gasteiger partial charge in [-0.25, -0.2) is 0 Å². The number of benzene rings is 3. The lowest BCUT2D eigenvalue weighted by atomic mass is 9.98. The van der Waals surface area contributed by atoms with Crippen molar-refractivity contribution in [3.63, 3.8) is 0 Å². The van der Waals surface area contributed by atoms with E-state index in [0.717, 1.165) is 33.3 Å². The van der Waals surface area contributed by atoms with Crippen molar-refractivity contribution in [1.82, 2.24) is 10.3 Å². The zero-order chi connectivity index (χ0) is 19.5. The van der Waals surface area contributed by atoms with Gasteiger partial charge in [0.25, 0.3) is 5.91 Å². The molecule has 0 saturated heterocycles. The highest BCUT2D eigenvalue weighted by Gasteiger charge is 2.17. The molecule has 3 aromatic carbocycles. The monoisotopic (exact) mass is 366 g/mol. The van der Waals surface area contributed by atoms with Crippen molar-refractivity contribution in [1.29, 1.82) is 0 Å². The van der Waals surface area contributed by atoms with Gasteiger partial charge < -0.3 is 5.32 Å². The van der Waals surface area contributed by atoms with Crippen LogP contribution >= 0.6 is 0 Å². The lowest BCUT2D eigenvalue weighted by molar-refractivity contribution is 0.0941. The molecule has 3 heteroatoms. The van der Waals surface area contributed by atoms with Gasteiger partial charge in [-0.2, -0.15) is 0 Å². The number of carbonyl (C=O) groups is 1. The van der Waals surface area contributed by atoms with Crippen molar-refractivity contribution in [2.24, 2.45) is 0 Å². The Morgan fingerprint density at radius 3 is 2.29 bits per heavy atom. The van der Waals surface area contributed by atoms with Crippen molar-refractivity contribution >= 4 is 16.8 Å². The maximum Gasteiger partial charge on any atom is 0.252 e. The number of fused-ring (bicyclic) bond motifs is 1. The molecule has 0 aliphatic rings. The van der Waals surface area contributed by atoms with Gasteiger partial charge in [0.2, 0.25) is 0 Å². The molecule has 0 aliphatic heterocycles. The molecule has 0 spiro atoms. The highest BCUT2D eigenvalue weighted by Crippen LogP contribution is 2.29. The Morgan fingerprint density at radius 2 is 1.57 bits per heavy atom. The second-order valence-electron chi connectivity index (χ2n) is 6.98. The zero-order valence-corrected chi connectivity index (χ0v) is 16.0. The molecule has 1 atom stereocenters. The van der Waals surface area contributed by atoms with E-state index in [1.54, 1.807) is 0 Å². The minimum Gasteiger partial charge on any atom is -0.345 e. The molecule has 4 aromatic rings. The highest BCUT2D eigenvalue weighted by molar-refractivity contribution is 6.09. The van der Waals surface area contributed by atoms with Crippen LogP contribution in [0, 0.1) is 6.92 Å². The number of para-hydroxylation sites is 1. The van der Waals surface area contributed by atoms with Gasteiger partial charge in [-0.15, -0.1) is 0 Å². The van der Waals surface area contributed by atoms with Crippen LogP contribution < -0.4 is 5.32 Å². The standard InChI is InChI=1S/C25H22N2O/c1-17-16-23(25(28)27-18(2)19-10-5-3-6-11-19)22-15-9-14-21(24(22)26-17)20-12-7-4-8-13-20/h3-16,18H,1-2H3,(H,27,28)/t18-/m1/s1. The predicted octanol–water partition coefficient (Wildman–Crippen LogP) is 5.70. The molecule has 0 unspecified atom stereocenters. The van der Waals surface area contributed by atoms with E-state index in [1.165, 1.54) is 0 Å². The van der Waals surface area contributed by atoms with Gasteiger partial charge in [-0.05, 0) is 31.0 Å². The topological polar surface area (TPSA) is 42.0 Å². The summed E-state index contributed by atoms with van der Waals surface area (Å²) in [6.45, 7) is 3.93. The first-order chi connectivity index (χ1) is 13.6. The van der Waals surface area contributed by atoms with Crippen LogP contribution in [0.4, 0.5) is 0 Å². The summed E-state index contributed by atoms with van der Waals surface area (Å²) < 4.78 is 0. The first-order valence-electron chi connectivity index (χ1n) is 9.45. The van der Waals surface area contributed by atoms with E-state index in [1.807, 2.05) is 80.6 Å². The fourth-order valence-corrected chi connectivity index (χ4v) is 3.51. The summed E-state index contributed by atoms with van der Waals surface area (Å²) in [7, 11) is 0. The van der Waals surface area contributed by atoms with E-state index in [-0.39, 0.29) is 11.9 Å². The smallest absolute Gasteiger partial charge is 0.252 e. The van der Waals surface area contributed by atoms with Gasteiger partial charge in [-0.3, -0.25) is 9.78 Å². The van der Waals surface area contributed by atoms with E-state index < -0.39 is 0 Å². The number of amides is 1. The Labute approximate surface area is 165 Å². The molecular formula is C25H22N2O. The molecule has 0 bridgehead atoms. The molecule has 4 rings (SSSR count). The lowest BCUT2D eigenvalue weighted by Gasteiger charge is -2.16. The van der Waals surface area contributed by atoms with Crippen LogP contribution in [0.25, 0.3) is 22.0 Å². The van der Waals surface area contributed by atoms with Crippen molar-refractivity contribution < 1.29 is 4.79 Å². The van der Waals surface area contributed by atoms with E-state index in [0.29, 0.717) is 5.56 Å². The summed E-state index contributed by atoms with van der Waals surface area (Å²) in [5.41, 5.74) is 5.54. The van der Waals surface area contributed by atoms with Crippen LogP contribution in [-0.2, 0) is 0 Å². The summed E-state index contributed by atoms with van der Waals surface area (Å²) >= 11 is 0. The average Bonchev–Trinajstić information content (AvgIpc) is 2.74. The maximum atomic E-state index is 13.1. The predicted molar refractivity (Wildman–Crippen MR) is 114 cm³/mol. The first-order valence-corrected chi connectivity index (χ1v) is 9.45. The Bertz CT molecular complexity index is 1120. The maximum absolute atomic E-state index is 13.1. The van der Waals surface area contributed by atoms with Gasteiger partial charge in [-0.1, -0.05) is 78.9 Å². The molecule has 0 fully saturated rings. The number of nitrogens with zero attached hydrogens (tertiary/aromatic N) is 1. The van der Waals surface area contributed by atoms with Gasteiger partial charge in [0.05, 0.1) is 17.1 Å². The van der Waals surface area contributed by atoms with Gasteiger partial charge in [0, 0.05) is 16.6 Å². The summed E-state index contributed by atoms with van der Waals surface area (Å²) in [4.78, 5) is 17.9. The quantitative estimate of drug-likeness (QED) is 0.503. The van der Waals surface area contributed by atoms with Crippen LogP contribution in [0.15, 0.2) is 84.9 Å². The molecule has 28 heavy (non-hydrogen) atoms. The summed E-state index contributed by atoms with van der Waals surface area (Å²) in [6, 6.07) is 27.9. The Balaban J connectivity index is 1.76. The number of rotatable bonds is 4. The second kappa shape index (κ2) is 7.65. The van der Waals surface area contributed by atoms with Crippen LogP contribution in [0.5, 0.6) is 0 Å². The minimum absolute atomic E-state index is 0.0745. The first kappa shape index (κ1) is 17.9. The highest BCUT2D eigenvalue weighted by atomic mass is 16.1. The summed E-state index contributed by atoms with van der Waals surface area (Å²) in [5, 5.41) is 3.99. The fraction of sp³-hybridized carbons (Fsp3) is 0.120. The van der Waals surface area contributed by atoms with Crippen LogP contribution in [0.3, 0.4) is 0 Å². The van der Waals surface area contributed by atoms with Crippen LogP contribution in [-0.4, -0.2) is 10.9 Å². The molecule has 1 amide bonds. The Hall–Kier alpha value is -3.46. The SMILES string of the molecule is Cc1cc(C(=O)N[C@H](C)c2ccccc2)c2cccc(-c3ccccc3)c2n1. The molecule has 0 saturated carbocycles. The Kier molecular flexibility index (Phi) is 4.90. The van der Waals surface area contributed by atoms with E-state index in [2.05, 4.69) is 23.5 Å². The van der Waals surface area contributed by atoms with E-state index in [9.17, 15) is 4.79 Å². The third-order valence-corrected chi connectivity index (χ3v) is 4.94. The Morgan fingerprint density at radius 1 is 0.893 bits per heavy atom. The third-order valence-electron chi connectivity index (χ3n) is 4.94. The number of aryl methyl sites for hydroxylation is 1. The lowest BCUT2D eigenvalue weighted by Crippen LogP contribution is -2.27. The van der Waals surface area contributed by atoms with Crippen molar-refractivity contribution in [3.8, 4) is 11.1 Å². The van der Waals surface area contributed by atoms with E-state index in [4.69, 9.17) is 4.98 Å². The summed E-state index contributed by atoms with van der Waals surface area (Å²) in [6.07, 6.45) is 0. The zero-order valence-electron chi connectivity index (χ0n) is 16.0. The van der Waals surface area contributed by atoms with Crippen molar-refractivity contribution in [2.45, 2.75) is 19.9 Å². The van der Waals surface area contributed by atoms with Crippen molar-refractivity contribution in [3.05, 3.63) is 102 Å². The molecule has 1 heterocycles. The number of hydrogen-bond acceptors (Lipinski definition) is 2. The number of nitrogens with one attached hydrogen (secondary N) is 1. The molecule has 1 aromatic heterocycles. The van der Waals surface area contributed by atoms with Gasteiger partial charge >= 0.3 is 0 Å². The largest absolute Gasteiger partial charge is 0.345 e. The van der Waals surface area contributed by atoms with E-state index >= 15 is 0 Å². The van der Waals surface area contributed by atoms with Crippen molar-refractivity contribution in [2.75, 3.05) is 0 Å². The van der Waals surface area contributed by atoms with Crippen LogP contribution in [0.1, 0.15) is 34.6 Å². The van der Waals surface area contributed by atoms with Gasteiger partial charge in [0.15, 0.2) is 0 Å². The van der Waals surface area contributed by atoms with Gasteiger partial charge in [0.1, 0.15) is 0 Å². The fourth-order valence-electron chi connectivity index (χ4n) is 3.51. The molecule has 1 N–H and O–H groups in total. The molecule has 3 nitrogen and oxygen atoms in total. The molecule has 0 aliphatic carbocycles. The third kappa shape index (κ3) is 3.52. The number of aromatic nitrogens is 1. The summed E-state index contributed by atoms with van der Waals surface area (Å²) in [5.74, 6) is -0.0861. The number of pyridine rings is 1. The normalized spacial score (nSPS) is 11.9. The average molecular weight is 366 g/mol. The molecule has 0 radical (unpaired) electrons. The van der Waals surface area contributed by atoms with Crippen LogP contribution in [0.2, 0.25) is 0 Å². The molecule has 138 valence electrons. The minimum atomic E-state index is -0.0861.